The molecule has 0 aliphatic rings. The van der Waals surface area contributed by atoms with Crippen LogP contribution in [-0.2, 0) is 22.6 Å². The lowest BCUT2D eigenvalue weighted by atomic mass is 10.0. The summed E-state index contributed by atoms with van der Waals surface area (Å²) in [7, 11) is 0. The van der Waals surface area contributed by atoms with Gasteiger partial charge in [-0.1, -0.05) is 53.1 Å². The maximum Gasteiger partial charge on any atom is 0.242 e. The van der Waals surface area contributed by atoms with Crippen LogP contribution < -0.4 is 5.32 Å². The smallest absolute Gasteiger partial charge is 0.242 e. The van der Waals surface area contributed by atoms with Gasteiger partial charge in [-0.25, -0.2) is 0 Å². The minimum Gasteiger partial charge on any atom is -0.350 e. The molecule has 0 unspecified atom stereocenters. The second kappa shape index (κ2) is 9.45. The first-order chi connectivity index (χ1) is 13.4. The van der Waals surface area contributed by atoms with Gasteiger partial charge in [0.05, 0.1) is 6.42 Å². The molecule has 2 aromatic rings. The maximum absolute atomic E-state index is 13.2. The lowest BCUT2D eigenvalue weighted by Gasteiger charge is -2.31. The van der Waals surface area contributed by atoms with E-state index in [2.05, 4.69) is 11.4 Å². The van der Waals surface area contributed by atoms with E-state index in [0.717, 1.165) is 22.3 Å². The lowest BCUT2D eigenvalue weighted by molar-refractivity contribution is -0.140. The van der Waals surface area contributed by atoms with Gasteiger partial charge in [-0.15, -0.1) is 0 Å². The first-order valence-corrected chi connectivity index (χ1v) is 10.3. The van der Waals surface area contributed by atoms with Crippen molar-refractivity contribution in [1.29, 1.82) is 0 Å². The highest BCUT2D eigenvalue weighted by atomic mass is 35.5. The number of nitrogens with one attached hydrogen (secondary N) is 1. The van der Waals surface area contributed by atoms with Crippen LogP contribution in [0.3, 0.4) is 0 Å². The Morgan fingerprint density at radius 1 is 1.03 bits per heavy atom. The Bertz CT molecular complexity index is 866. The number of hydrogen-bond acceptors (Lipinski definition) is 2. The molecule has 5 heteroatoms. The van der Waals surface area contributed by atoms with Crippen molar-refractivity contribution in [3.05, 3.63) is 69.7 Å². The second-order valence-corrected chi connectivity index (χ2v) is 9.18. The third-order valence-electron chi connectivity index (χ3n) is 4.54. The molecule has 1 atom stereocenters. The molecular formula is C24H31ClN2O2. The van der Waals surface area contributed by atoms with Gasteiger partial charge >= 0.3 is 0 Å². The van der Waals surface area contributed by atoms with Crippen molar-refractivity contribution in [2.45, 2.75) is 66.1 Å². The molecule has 0 saturated carbocycles. The van der Waals surface area contributed by atoms with Crippen molar-refractivity contribution >= 4 is 23.4 Å². The van der Waals surface area contributed by atoms with Crippen LogP contribution in [0, 0.1) is 13.8 Å². The second-order valence-electron chi connectivity index (χ2n) is 8.74. The average Bonchev–Trinajstić information content (AvgIpc) is 2.56. The third kappa shape index (κ3) is 7.21. The predicted octanol–water partition coefficient (Wildman–Crippen LogP) is 4.83. The van der Waals surface area contributed by atoms with E-state index in [0.29, 0.717) is 11.6 Å². The van der Waals surface area contributed by atoms with Crippen molar-refractivity contribution in [2.24, 2.45) is 0 Å². The Kier molecular flexibility index (Phi) is 7.48. The molecule has 2 amide bonds. The van der Waals surface area contributed by atoms with Crippen LogP contribution in [0.4, 0.5) is 0 Å². The summed E-state index contributed by atoms with van der Waals surface area (Å²) in [6, 6.07) is 12.9. The van der Waals surface area contributed by atoms with E-state index in [1.807, 2.05) is 65.0 Å². The average molecular weight is 415 g/mol. The summed E-state index contributed by atoms with van der Waals surface area (Å²) in [6.45, 7) is 11.9. The van der Waals surface area contributed by atoms with E-state index >= 15 is 0 Å². The molecule has 0 spiro atoms. The van der Waals surface area contributed by atoms with E-state index in [-0.39, 0.29) is 23.8 Å². The third-order valence-corrected chi connectivity index (χ3v) is 4.78. The van der Waals surface area contributed by atoms with Crippen LogP contribution in [0.25, 0.3) is 0 Å². The highest BCUT2D eigenvalue weighted by Crippen LogP contribution is 2.17. The molecule has 0 radical (unpaired) electrons. The molecule has 156 valence electrons. The molecule has 1 N–H and O–H groups in total. The van der Waals surface area contributed by atoms with Gasteiger partial charge in [0, 0.05) is 17.1 Å². The summed E-state index contributed by atoms with van der Waals surface area (Å²) >= 11 is 6.12. The zero-order valence-electron chi connectivity index (χ0n) is 18.2. The molecule has 0 aliphatic heterocycles. The fraction of sp³-hybridized carbons (Fsp3) is 0.417. The van der Waals surface area contributed by atoms with Crippen LogP contribution in [0.1, 0.15) is 49.9 Å². The Hall–Kier alpha value is -2.33. The number of benzene rings is 2. The molecule has 2 aromatic carbocycles. The zero-order chi connectivity index (χ0) is 21.8. The van der Waals surface area contributed by atoms with Crippen molar-refractivity contribution in [3.8, 4) is 0 Å². The normalized spacial score (nSPS) is 12.4. The molecular weight excluding hydrogens is 384 g/mol. The van der Waals surface area contributed by atoms with Gasteiger partial charge in [-0.05, 0) is 64.8 Å². The molecule has 2 rings (SSSR count). The van der Waals surface area contributed by atoms with Crippen molar-refractivity contribution in [1.82, 2.24) is 10.2 Å². The summed E-state index contributed by atoms with van der Waals surface area (Å²) in [4.78, 5) is 27.7. The van der Waals surface area contributed by atoms with E-state index < -0.39 is 6.04 Å². The van der Waals surface area contributed by atoms with Crippen molar-refractivity contribution in [3.63, 3.8) is 0 Å². The van der Waals surface area contributed by atoms with Gasteiger partial charge in [-0.2, -0.15) is 0 Å². The van der Waals surface area contributed by atoms with Crippen molar-refractivity contribution in [2.75, 3.05) is 0 Å². The number of nitrogens with zero attached hydrogens (tertiary/aromatic N) is 1. The van der Waals surface area contributed by atoms with E-state index in [4.69, 9.17) is 11.6 Å². The van der Waals surface area contributed by atoms with E-state index in [1.165, 1.54) is 0 Å². The van der Waals surface area contributed by atoms with Gasteiger partial charge in [0.1, 0.15) is 6.04 Å². The molecule has 4 nitrogen and oxygen atoms in total. The molecule has 0 bridgehead atoms. The molecule has 29 heavy (non-hydrogen) atoms. The number of rotatable bonds is 6. The zero-order valence-corrected chi connectivity index (χ0v) is 18.9. The molecule has 0 fully saturated rings. The largest absolute Gasteiger partial charge is 0.350 e. The summed E-state index contributed by atoms with van der Waals surface area (Å²) in [6.07, 6.45) is 0.246. The minimum atomic E-state index is -0.605. The lowest BCUT2D eigenvalue weighted by Crippen LogP contribution is -2.52. The maximum atomic E-state index is 13.2. The van der Waals surface area contributed by atoms with E-state index in [1.54, 1.807) is 17.9 Å². The Labute approximate surface area is 179 Å². The number of carbonyl (C=O) groups is 2. The number of aryl methyl sites for hydroxylation is 2. The van der Waals surface area contributed by atoms with Gasteiger partial charge < -0.3 is 10.2 Å². The molecule has 0 saturated heterocycles. The highest BCUT2D eigenvalue weighted by Gasteiger charge is 2.28. The fourth-order valence-corrected chi connectivity index (χ4v) is 3.55. The van der Waals surface area contributed by atoms with Gasteiger partial charge in [0.25, 0.3) is 0 Å². The summed E-state index contributed by atoms with van der Waals surface area (Å²) in [5, 5.41) is 3.58. The standard InChI is InChI=1S/C24H31ClN2O2/c1-16-10-17(2)12-20(11-16)14-22(28)27(15-19-8-7-9-21(25)13-19)18(3)23(29)26-24(4,5)6/h7-13,18H,14-15H2,1-6H3,(H,26,29)/t18-/m0/s1. The topological polar surface area (TPSA) is 49.4 Å². The SMILES string of the molecule is Cc1cc(C)cc(CC(=O)N(Cc2cccc(Cl)c2)[C@@H](C)C(=O)NC(C)(C)C)c1. The molecule has 0 aromatic heterocycles. The van der Waals surface area contributed by atoms with Crippen molar-refractivity contribution < 1.29 is 9.59 Å². The number of halogens is 1. The van der Waals surface area contributed by atoms with Crippen LogP contribution in [0.15, 0.2) is 42.5 Å². The predicted molar refractivity (Wildman–Crippen MR) is 119 cm³/mol. The first kappa shape index (κ1) is 23.0. The Morgan fingerprint density at radius 3 is 2.21 bits per heavy atom. The van der Waals surface area contributed by atoms with Crippen LogP contribution >= 0.6 is 11.6 Å². The Morgan fingerprint density at radius 2 is 1.66 bits per heavy atom. The quantitative estimate of drug-likeness (QED) is 0.735. The Balaban J connectivity index is 2.29. The van der Waals surface area contributed by atoms with Gasteiger partial charge in [-0.3, -0.25) is 9.59 Å². The monoisotopic (exact) mass is 414 g/mol. The minimum absolute atomic E-state index is 0.0912. The summed E-state index contributed by atoms with van der Waals surface area (Å²) in [5.41, 5.74) is 3.71. The van der Waals surface area contributed by atoms with Gasteiger partial charge in [0.15, 0.2) is 0 Å². The number of amides is 2. The highest BCUT2D eigenvalue weighted by molar-refractivity contribution is 6.30. The molecule has 0 aliphatic carbocycles. The number of carbonyl (C=O) groups excluding carboxylic acids is 2. The summed E-state index contributed by atoms with van der Waals surface area (Å²) < 4.78 is 0. The first-order valence-electron chi connectivity index (χ1n) is 9.88. The van der Waals surface area contributed by atoms with Crippen LogP contribution in [-0.4, -0.2) is 28.3 Å². The van der Waals surface area contributed by atoms with Gasteiger partial charge in [0.2, 0.25) is 11.8 Å². The van der Waals surface area contributed by atoms with E-state index in [9.17, 15) is 9.59 Å². The number of hydrogen-bond donors (Lipinski definition) is 1. The van der Waals surface area contributed by atoms with Crippen LogP contribution in [0.5, 0.6) is 0 Å². The molecule has 0 heterocycles. The van der Waals surface area contributed by atoms with Crippen LogP contribution in [0.2, 0.25) is 5.02 Å². The fourth-order valence-electron chi connectivity index (χ4n) is 3.34. The summed E-state index contributed by atoms with van der Waals surface area (Å²) in [5.74, 6) is -0.264.